The van der Waals surface area contributed by atoms with Gasteiger partial charge in [0.25, 0.3) is 0 Å². The molecule has 112 valence electrons. The third-order valence-corrected chi connectivity index (χ3v) is 4.01. The molecule has 0 aliphatic carbocycles. The van der Waals surface area contributed by atoms with E-state index >= 15 is 0 Å². The molecule has 0 aromatic heterocycles. The molecule has 2 nitrogen and oxygen atoms in total. The lowest BCUT2D eigenvalue weighted by atomic mass is 10.0. The normalized spacial score (nSPS) is 12.6. The van der Waals surface area contributed by atoms with E-state index in [1.807, 2.05) is 25.2 Å². The summed E-state index contributed by atoms with van der Waals surface area (Å²) in [4.78, 5) is 2.05. The van der Waals surface area contributed by atoms with Crippen molar-refractivity contribution in [2.45, 2.75) is 12.5 Å². The molecule has 2 aromatic carbocycles. The summed E-state index contributed by atoms with van der Waals surface area (Å²) in [5, 5.41) is 0.428. The third kappa shape index (κ3) is 4.03. The number of nitrogens with zero attached hydrogens (tertiary/aromatic N) is 1. The van der Waals surface area contributed by atoms with E-state index in [1.54, 1.807) is 12.1 Å². The van der Waals surface area contributed by atoms with Gasteiger partial charge in [-0.3, -0.25) is 4.90 Å². The molecule has 0 spiro atoms. The van der Waals surface area contributed by atoms with E-state index in [1.165, 1.54) is 11.6 Å². The second-order valence-electron chi connectivity index (χ2n) is 5.10. The van der Waals surface area contributed by atoms with Crippen LogP contribution in [0, 0.1) is 5.82 Å². The second-order valence-corrected chi connectivity index (χ2v) is 5.51. The third-order valence-electron chi connectivity index (χ3n) is 3.68. The van der Waals surface area contributed by atoms with Gasteiger partial charge in [0.1, 0.15) is 5.82 Å². The molecule has 0 bridgehead atoms. The Hall–Kier alpha value is -1.42. The number of halogens is 2. The van der Waals surface area contributed by atoms with Crippen molar-refractivity contribution in [1.29, 1.82) is 0 Å². The minimum absolute atomic E-state index is 0.220. The predicted molar refractivity (Wildman–Crippen MR) is 86.0 cm³/mol. The van der Waals surface area contributed by atoms with Crippen LogP contribution in [0.2, 0.25) is 5.02 Å². The van der Waals surface area contributed by atoms with Gasteiger partial charge in [-0.2, -0.15) is 0 Å². The number of hydrogen-bond acceptors (Lipinski definition) is 2. The van der Waals surface area contributed by atoms with Gasteiger partial charge >= 0.3 is 0 Å². The molecule has 2 N–H and O–H groups in total. The fraction of sp³-hybridized carbons (Fsp3) is 0.294. The predicted octanol–water partition coefficient (Wildman–Crippen LogP) is 3.65. The van der Waals surface area contributed by atoms with Crippen molar-refractivity contribution in [2.75, 3.05) is 20.1 Å². The molecule has 0 aliphatic rings. The van der Waals surface area contributed by atoms with E-state index in [0.717, 1.165) is 13.0 Å². The molecule has 0 saturated heterocycles. The van der Waals surface area contributed by atoms with Crippen LogP contribution in [0.15, 0.2) is 48.5 Å². The second kappa shape index (κ2) is 7.55. The lowest BCUT2D eigenvalue weighted by Gasteiger charge is -2.28. The van der Waals surface area contributed by atoms with E-state index in [2.05, 4.69) is 17.0 Å². The Morgan fingerprint density at radius 1 is 1.14 bits per heavy atom. The average molecular weight is 307 g/mol. The van der Waals surface area contributed by atoms with E-state index in [9.17, 15) is 4.39 Å². The highest BCUT2D eigenvalue weighted by molar-refractivity contribution is 6.31. The molecule has 0 amide bonds. The summed E-state index contributed by atoms with van der Waals surface area (Å²) in [6, 6.07) is 14.7. The number of benzene rings is 2. The van der Waals surface area contributed by atoms with Crippen molar-refractivity contribution in [2.24, 2.45) is 5.73 Å². The molecule has 0 saturated carbocycles. The van der Waals surface area contributed by atoms with Crippen LogP contribution in [0.5, 0.6) is 0 Å². The van der Waals surface area contributed by atoms with Gasteiger partial charge in [-0.1, -0.05) is 48.0 Å². The summed E-state index contributed by atoms with van der Waals surface area (Å²) < 4.78 is 14.0. The Kier molecular flexibility index (Phi) is 5.74. The van der Waals surface area contributed by atoms with Crippen molar-refractivity contribution >= 4 is 11.6 Å². The van der Waals surface area contributed by atoms with Crippen molar-refractivity contribution in [3.63, 3.8) is 0 Å². The van der Waals surface area contributed by atoms with Crippen LogP contribution >= 0.6 is 11.6 Å². The minimum atomic E-state index is -0.301. The highest BCUT2D eigenvalue weighted by atomic mass is 35.5. The zero-order valence-corrected chi connectivity index (χ0v) is 12.9. The fourth-order valence-corrected chi connectivity index (χ4v) is 2.74. The molecule has 0 fully saturated rings. The van der Waals surface area contributed by atoms with E-state index in [-0.39, 0.29) is 11.9 Å². The van der Waals surface area contributed by atoms with E-state index in [4.69, 9.17) is 17.3 Å². The quantitative estimate of drug-likeness (QED) is 0.882. The Morgan fingerprint density at radius 2 is 1.86 bits per heavy atom. The smallest absolute Gasteiger partial charge is 0.129 e. The van der Waals surface area contributed by atoms with Gasteiger partial charge in [-0.05, 0) is 31.2 Å². The Labute approximate surface area is 130 Å². The van der Waals surface area contributed by atoms with E-state index in [0.29, 0.717) is 17.1 Å². The van der Waals surface area contributed by atoms with Gasteiger partial charge in [-0.15, -0.1) is 0 Å². The number of nitrogens with two attached hydrogens (primary N) is 1. The highest BCUT2D eigenvalue weighted by Crippen LogP contribution is 2.28. The lowest BCUT2D eigenvalue weighted by molar-refractivity contribution is 0.248. The summed E-state index contributed by atoms with van der Waals surface area (Å²) >= 11 is 6.14. The summed E-state index contributed by atoms with van der Waals surface area (Å²) in [7, 11) is 1.95. The zero-order valence-electron chi connectivity index (χ0n) is 12.1. The van der Waals surface area contributed by atoms with Crippen molar-refractivity contribution in [1.82, 2.24) is 4.90 Å². The summed E-state index contributed by atoms with van der Waals surface area (Å²) in [5.74, 6) is -0.301. The topological polar surface area (TPSA) is 29.3 Å². The SMILES string of the molecule is CN(CCc1ccccc1)C(CN)c1c(F)cccc1Cl. The minimum Gasteiger partial charge on any atom is -0.329 e. The highest BCUT2D eigenvalue weighted by Gasteiger charge is 2.21. The van der Waals surface area contributed by atoms with Gasteiger partial charge in [0.15, 0.2) is 0 Å². The molecular formula is C17H20ClFN2. The molecule has 1 unspecified atom stereocenters. The molecule has 0 heterocycles. The first-order valence-corrected chi connectivity index (χ1v) is 7.39. The Morgan fingerprint density at radius 3 is 2.48 bits per heavy atom. The monoisotopic (exact) mass is 306 g/mol. The Balaban J connectivity index is 2.10. The van der Waals surface area contributed by atoms with Crippen LogP contribution in [-0.4, -0.2) is 25.0 Å². The van der Waals surface area contributed by atoms with Gasteiger partial charge in [0.2, 0.25) is 0 Å². The van der Waals surface area contributed by atoms with Crippen LogP contribution in [0.4, 0.5) is 4.39 Å². The molecular weight excluding hydrogens is 287 g/mol. The molecule has 2 aromatic rings. The lowest BCUT2D eigenvalue weighted by Crippen LogP contribution is -2.33. The van der Waals surface area contributed by atoms with Gasteiger partial charge in [0, 0.05) is 23.7 Å². The Bertz CT molecular complexity index is 554. The largest absolute Gasteiger partial charge is 0.329 e. The average Bonchev–Trinajstić information content (AvgIpc) is 2.50. The fourth-order valence-electron chi connectivity index (χ4n) is 2.45. The first-order chi connectivity index (χ1) is 10.1. The van der Waals surface area contributed by atoms with Gasteiger partial charge in [-0.25, -0.2) is 4.39 Å². The number of rotatable bonds is 6. The molecule has 0 radical (unpaired) electrons. The first kappa shape index (κ1) is 16.0. The van der Waals surface area contributed by atoms with E-state index < -0.39 is 0 Å². The van der Waals surface area contributed by atoms with Crippen LogP contribution in [0.3, 0.4) is 0 Å². The van der Waals surface area contributed by atoms with Crippen molar-refractivity contribution in [3.8, 4) is 0 Å². The maximum absolute atomic E-state index is 14.0. The van der Waals surface area contributed by atoms with Crippen LogP contribution < -0.4 is 5.73 Å². The van der Waals surface area contributed by atoms with Crippen LogP contribution in [0.25, 0.3) is 0 Å². The molecule has 21 heavy (non-hydrogen) atoms. The van der Waals surface area contributed by atoms with Gasteiger partial charge < -0.3 is 5.73 Å². The first-order valence-electron chi connectivity index (χ1n) is 7.01. The molecule has 1 atom stereocenters. The molecule has 4 heteroatoms. The van der Waals surface area contributed by atoms with Crippen molar-refractivity contribution in [3.05, 3.63) is 70.5 Å². The van der Waals surface area contributed by atoms with Gasteiger partial charge in [0.05, 0.1) is 6.04 Å². The van der Waals surface area contributed by atoms with Crippen LogP contribution in [-0.2, 0) is 6.42 Å². The number of hydrogen-bond donors (Lipinski definition) is 1. The summed E-state index contributed by atoms with van der Waals surface area (Å²) in [6.07, 6.45) is 0.889. The molecule has 2 rings (SSSR count). The summed E-state index contributed by atoms with van der Waals surface area (Å²) in [5.41, 5.74) is 7.58. The number of likely N-dealkylation sites (N-methyl/N-ethyl adjacent to an activating group) is 1. The maximum Gasteiger partial charge on any atom is 0.129 e. The maximum atomic E-state index is 14.0. The van der Waals surface area contributed by atoms with Crippen LogP contribution in [0.1, 0.15) is 17.2 Å². The standard InChI is InChI=1S/C17H20ClFN2/c1-21(11-10-13-6-3-2-4-7-13)16(12-20)17-14(18)8-5-9-15(17)19/h2-9,16H,10-12,20H2,1H3. The molecule has 0 aliphatic heterocycles. The summed E-state index contributed by atoms with van der Waals surface area (Å²) in [6.45, 7) is 1.11. The zero-order chi connectivity index (χ0) is 15.2. The van der Waals surface area contributed by atoms with Crippen molar-refractivity contribution < 1.29 is 4.39 Å².